The highest BCUT2D eigenvalue weighted by Crippen LogP contribution is 2.25. The van der Waals surface area contributed by atoms with Gasteiger partial charge in [-0.1, -0.05) is 0 Å². The summed E-state index contributed by atoms with van der Waals surface area (Å²) in [6.45, 7) is 4.75. The van der Waals surface area contributed by atoms with E-state index in [2.05, 4.69) is 4.90 Å². The summed E-state index contributed by atoms with van der Waals surface area (Å²) in [4.78, 5) is 14.3. The molecule has 2 aliphatic rings. The van der Waals surface area contributed by atoms with Crippen LogP contribution in [0.15, 0.2) is 18.2 Å². The van der Waals surface area contributed by atoms with E-state index in [1.807, 2.05) is 4.90 Å². The molecule has 2 saturated heterocycles. The van der Waals surface area contributed by atoms with Gasteiger partial charge in [-0.25, -0.2) is 4.39 Å². The first-order valence-corrected chi connectivity index (χ1v) is 6.66. The van der Waals surface area contributed by atoms with Gasteiger partial charge in [0.1, 0.15) is 0 Å². The Morgan fingerprint density at radius 2 is 1.95 bits per heavy atom. The van der Waals surface area contributed by atoms with E-state index in [0.29, 0.717) is 11.7 Å². The third-order valence-corrected chi connectivity index (χ3v) is 3.93. The van der Waals surface area contributed by atoms with Crippen molar-refractivity contribution in [1.29, 1.82) is 0 Å². The summed E-state index contributed by atoms with van der Waals surface area (Å²) in [7, 11) is 0. The molecule has 108 valence electrons. The highest BCUT2D eigenvalue weighted by Gasteiger charge is 2.29. The topological polar surface area (TPSA) is 58.9 Å². The quantitative estimate of drug-likeness (QED) is 0.616. The number of non-ortho nitro benzene ring substituents is 1. The fourth-order valence-electron chi connectivity index (χ4n) is 2.63. The van der Waals surface area contributed by atoms with Crippen molar-refractivity contribution in [2.75, 3.05) is 44.3 Å². The molecular formula is C13H16FN3O3. The summed E-state index contributed by atoms with van der Waals surface area (Å²) in [6.07, 6.45) is 0. The molecule has 20 heavy (non-hydrogen) atoms. The lowest BCUT2D eigenvalue weighted by Gasteiger charge is -2.43. The van der Waals surface area contributed by atoms with Crippen LogP contribution in [0.1, 0.15) is 0 Å². The van der Waals surface area contributed by atoms with Gasteiger partial charge in [0.15, 0.2) is 5.82 Å². The average molecular weight is 281 g/mol. The molecule has 3 rings (SSSR count). The Labute approximate surface area is 115 Å². The van der Waals surface area contributed by atoms with E-state index < -0.39 is 10.7 Å². The molecule has 2 heterocycles. The SMILES string of the molecule is O=[N+]([O-])c1ccc(N2CCN(C3COC3)CC2)c(F)c1. The van der Waals surface area contributed by atoms with Crippen molar-refractivity contribution in [3.05, 3.63) is 34.1 Å². The van der Waals surface area contributed by atoms with Crippen LogP contribution in [-0.2, 0) is 4.74 Å². The largest absolute Gasteiger partial charge is 0.378 e. The molecule has 1 aromatic rings. The minimum atomic E-state index is -0.582. The van der Waals surface area contributed by atoms with Crippen molar-refractivity contribution in [3.63, 3.8) is 0 Å². The number of ether oxygens (including phenoxy) is 1. The van der Waals surface area contributed by atoms with Gasteiger partial charge in [-0.15, -0.1) is 0 Å². The van der Waals surface area contributed by atoms with Crippen LogP contribution >= 0.6 is 0 Å². The van der Waals surface area contributed by atoms with Crippen molar-refractivity contribution in [2.45, 2.75) is 6.04 Å². The molecule has 0 bridgehead atoms. The molecule has 2 aliphatic heterocycles. The second-order valence-corrected chi connectivity index (χ2v) is 5.11. The van der Waals surface area contributed by atoms with Crippen LogP contribution < -0.4 is 4.90 Å². The molecule has 6 nitrogen and oxygen atoms in total. The number of hydrogen-bond donors (Lipinski definition) is 0. The van der Waals surface area contributed by atoms with Crippen LogP contribution in [0.25, 0.3) is 0 Å². The second kappa shape index (κ2) is 5.34. The molecule has 0 aliphatic carbocycles. The van der Waals surface area contributed by atoms with Gasteiger partial charge in [0.2, 0.25) is 0 Å². The van der Waals surface area contributed by atoms with Crippen LogP contribution in [0, 0.1) is 15.9 Å². The van der Waals surface area contributed by atoms with Crippen molar-refractivity contribution in [3.8, 4) is 0 Å². The zero-order valence-electron chi connectivity index (χ0n) is 11.0. The molecule has 0 atom stereocenters. The summed E-state index contributed by atoms with van der Waals surface area (Å²) < 4.78 is 19.1. The van der Waals surface area contributed by atoms with Crippen molar-refractivity contribution in [1.82, 2.24) is 4.90 Å². The fourth-order valence-corrected chi connectivity index (χ4v) is 2.63. The molecular weight excluding hydrogens is 265 g/mol. The highest BCUT2D eigenvalue weighted by atomic mass is 19.1. The van der Waals surface area contributed by atoms with Gasteiger partial charge < -0.3 is 9.64 Å². The number of piperazine rings is 1. The maximum absolute atomic E-state index is 13.9. The van der Waals surface area contributed by atoms with Crippen molar-refractivity contribution in [2.24, 2.45) is 0 Å². The van der Waals surface area contributed by atoms with Gasteiger partial charge in [0, 0.05) is 32.2 Å². The lowest BCUT2D eigenvalue weighted by molar-refractivity contribution is -0.385. The number of nitrogens with zero attached hydrogens (tertiary/aromatic N) is 3. The molecule has 1 aromatic carbocycles. The van der Waals surface area contributed by atoms with Crippen molar-refractivity contribution < 1.29 is 14.1 Å². The number of nitro groups is 1. The fraction of sp³-hybridized carbons (Fsp3) is 0.538. The van der Waals surface area contributed by atoms with Crippen LogP contribution in [0.3, 0.4) is 0 Å². The third-order valence-electron chi connectivity index (χ3n) is 3.93. The molecule has 0 unspecified atom stereocenters. The Hall–Kier alpha value is -1.73. The molecule has 0 aromatic heterocycles. The summed E-state index contributed by atoms with van der Waals surface area (Å²) in [6, 6.07) is 4.33. The second-order valence-electron chi connectivity index (χ2n) is 5.11. The summed E-state index contributed by atoms with van der Waals surface area (Å²) >= 11 is 0. The summed E-state index contributed by atoms with van der Waals surface area (Å²) in [5, 5.41) is 10.6. The van der Waals surface area contributed by atoms with Crippen LogP contribution in [0.4, 0.5) is 15.8 Å². The smallest absolute Gasteiger partial charge is 0.272 e. The first-order chi connectivity index (χ1) is 9.65. The van der Waals surface area contributed by atoms with E-state index in [1.165, 1.54) is 12.1 Å². The standard InChI is InChI=1S/C13H16FN3O3/c14-12-7-10(17(18)19)1-2-13(12)16-5-3-15(4-6-16)11-8-20-9-11/h1-2,7,11H,3-6,8-9H2. The van der Waals surface area contributed by atoms with Gasteiger partial charge >= 0.3 is 0 Å². The molecule has 7 heteroatoms. The number of benzene rings is 1. The molecule has 2 fully saturated rings. The normalized spacial score (nSPS) is 20.8. The Kier molecular flexibility index (Phi) is 3.54. The zero-order chi connectivity index (χ0) is 14.1. The Morgan fingerprint density at radius 3 is 2.45 bits per heavy atom. The molecule has 0 N–H and O–H groups in total. The predicted molar refractivity (Wildman–Crippen MR) is 71.4 cm³/mol. The highest BCUT2D eigenvalue weighted by molar-refractivity contribution is 5.52. The van der Waals surface area contributed by atoms with Crippen LogP contribution in [0.5, 0.6) is 0 Å². The minimum absolute atomic E-state index is 0.212. The van der Waals surface area contributed by atoms with E-state index in [-0.39, 0.29) is 5.69 Å². The molecule has 0 amide bonds. The molecule has 0 radical (unpaired) electrons. The Balaban J connectivity index is 1.66. The van der Waals surface area contributed by atoms with Gasteiger partial charge in [-0.2, -0.15) is 0 Å². The number of halogens is 1. The Morgan fingerprint density at radius 1 is 1.25 bits per heavy atom. The summed E-state index contributed by atoms with van der Waals surface area (Å²) in [5.74, 6) is -0.528. The number of rotatable bonds is 3. The first kappa shape index (κ1) is 13.3. The number of nitro benzene ring substituents is 1. The third kappa shape index (κ3) is 2.46. The summed E-state index contributed by atoms with van der Waals surface area (Å²) in [5.41, 5.74) is 0.233. The van der Waals surface area contributed by atoms with E-state index in [0.717, 1.165) is 45.5 Å². The van der Waals surface area contributed by atoms with E-state index in [4.69, 9.17) is 4.74 Å². The lowest BCUT2D eigenvalue weighted by Crippen LogP contribution is -2.56. The molecule has 0 spiro atoms. The first-order valence-electron chi connectivity index (χ1n) is 6.66. The van der Waals surface area contributed by atoms with Crippen LogP contribution in [-0.4, -0.2) is 55.3 Å². The number of anilines is 1. The maximum atomic E-state index is 13.9. The monoisotopic (exact) mass is 281 g/mol. The lowest BCUT2D eigenvalue weighted by atomic mass is 10.1. The van der Waals surface area contributed by atoms with E-state index in [1.54, 1.807) is 0 Å². The minimum Gasteiger partial charge on any atom is -0.378 e. The van der Waals surface area contributed by atoms with Crippen LogP contribution in [0.2, 0.25) is 0 Å². The van der Waals surface area contributed by atoms with Crippen molar-refractivity contribution >= 4 is 11.4 Å². The average Bonchev–Trinajstić information content (AvgIpc) is 2.37. The van der Waals surface area contributed by atoms with Gasteiger partial charge in [0.25, 0.3) is 5.69 Å². The van der Waals surface area contributed by atoms with E-state index in [9.17, 15) is 14.5 Å². The predicted octanol–water partition coefficient (Wildman–Crippen LogP) is 1.25. The maximum Gasteiger partial charge on any atom is 0.272 e. The van der Waals surface area contributed by atoms with Gasteiger partial charge in [-0.05, 0) is 6.07 Å². The van der Waals surface area contributed by atoms with Gasteiger partial charge in [0.05, 0.1) is 35.9 Å². The zero-order valence-corrected chi connectivity index (χ0v) is 11.0. The van der Waals surface area contributed by atoms with E-state index >= 15 is 0 Å². The van der Waals surface area contributed by atoms with Gasteiger partial charge in [-0.3, -0.25) is 15.0 Å². The molecule has 0 saturated carbocycles. The Bertz CT molecular complexity index is 514. The number of hydrogen-bond acceptors (Lipinski definition) is 5.